The van der Waals surface area contributed by atoms with Crippen molar-refractivity contribution in [3.05, 3.63) is 82.9 Å². The summed E-state index contributed by atoms with van der Waals surface area (Å²) in [5, 5.41) is 11.6. The minimum absolute atomic E-state index is 0.132. The second-order valence-corrected chi connectivity index (χ2v) is 7.07. The third-order valence-electron chi connectivity index (χ3n) is 4.55. The van der Waals surface area contributed by atoms with E-state index in [1.54, 1.807) is 30.3 Å². The Morgan fingerprint density at radius 1 is 1.03 bits per heavy atom. The van der Waals surface area contributed by atoms with Crippen molar-refractivity contribution in [2.45, 2.75) is 6.42 Å². The smallest absolute Gasteiger partial charge is 0.248 e. The standard InChI is InChI=1S/C22H17ClN4O2/c23-16-7-4-13(5-8-16)10-20(28)25-17-3-1-2-14(11-17)21-18-12-15(22(24)29)6-9-19(18)26-27-21/h1-9,11-12H,10H2,(H2,24,29)(H,25,28)(H,26,27). The Labute approximate surface area is 171 Å². The highest BCUT2D eigenvalue weighted by atomic mass is 35.5. The van der Waals surface area contributed by atoms with E-state index in [-0.39, 0.29) is 12.3 Å². The van der Waals surface area contributed by atoms with Gasteiger partial charge in [-0.05, 0) is 48.0 Å². The third-order valence-corrected chi connectivity index (χ3v) is 4.80. The number of anilines is 1. The molecule has 1 heterocycles. The van der Waals surface area contributed by atoms with E-state index >= 15 is 0 Å². The zero-order chi connectivity index (χ0) is 20.4. The molecule has 0 unspecified atom stereocenters. The largest absolute Gasteiger partial charge is 0.366 e. The Morgan fingerprint density at radius 3 is 2.59 bits per heavy atom. The fourth-order valence-electron chi connectivity index (χ4n) is 3.12. The molecule has 0 saturated carbocycles. The summed E-state index contributed by atoms with van der Waals surface area (Å²) in [5.74, 6) is -0.630. The molecule has 0 spiro atoms. The lowest BCUT2D eigenvalue weighted by Gasteiger charge is -2.07. The number of amides is 2. The molecule has 4 N–H and O–H groups in total. The van der Waals surface area contributed by atoms with Gasteiger partial charge in [-0.1, -0.05) is 35.9 Å². The minimum Gasteiger partial charge on any atom is -0.366 e. The number of H-pyrrole nitrogens is 1. The number of nitrogens with two attached hydrogens (primary N) is 1. The molecule has 7 heteroatoms. The second kappa shape index (κ2) is 7.77. The Morgan fingerprint density at radius 2 is 1.83 bits per heavy atom. The van der Waals surface area contributed by atoms with Gasteiger partial charge >= 0.3 is 0 Å². The average molecular weight is 405 g/mol. The summed E-state index contributed by atoms with van der Waals surface area (Å²) in [4.78, 5) is 23.9. The van der Waals surface area contributed by atoms with E-state index in [1.807, 2.05) is 36.4 Å². The first kappa shape index (κ1) is 18.7. The zero-order valence-corrected chi connectivity index (χ0v) is 16.0. The first-order chi connectivity index (χ1) is 14.0. The van der Waals surface area contributed by atoms with E-state index in [4.69, 9.17) is 17.3 Å². The van der Waals surface area contributed by atoms with Crippen LogP contribution >= 0.6 is 11.6 Å². The lowest BCUT2D eigenvalue weighted by Crippen LogP contribution is -2.14. The number of halogens is 1. The van der Waals surface area contributed by atoms with Crippen molar-refractivity contribution in [1.29, 1.82) is 0 Å². The number of carbonyl (C=O) groups is 2. The molecule has 2 amide bonds. The van der Waals surface area contributed by atoms with Crippen molar-refractivity contribution in [2.24, 2.45) is 5.73 Å². The number of fused-ring (bicyclic) bond motifs is 1. The van der Waals surface area contributed by atoms with Crippen molar-refractivity contribution in [3.63, 3.8) is 0 Å². The average Bonchev–Trinajstić information content (AvgIpc) is 3.13. The van der Waals surface area contributed by atoms with Crippen LogP contribution in [0, 0.1) is 0 Å². The fourth-order valence-corrected chi connectivity index (χ4v) is 3.25. The molecule has 29 heavy (non-hydrogen) atoms. The van der Waals surface area contributed by atoms with Crippen LogP contribution in [0.1, 0.15) is 15.9 Å². The van der Waals surface area contributed by atoms with Gasteiger partial charge in [0.2, 0.25) is 11.8 Å². The topological polar surface area (TPSA) is 101 Å². The summed E-state index contributed by atoms with van der Waals surface area (Å²) < 4.78 is 0. The Bertz CT molecular complexity index is 1220. The Balaban J connectivity index is 1.58. The van der Waals surface area contributed by atoms with E-state index in [2.05, 4.69) is 15.5 Å². The zero-order valence-electron chi connectivity index (χ0n) is 15.3. The Kier molecular flexibility index (Phi) is 5.01. The maximum atomic E-state index is 12.4. The number of hydrogen-bond donors (Lipinski definition) is 3. The molecule has 1 aromatic heterocycles. The van der Waals surface area contributed by atoms with Crippen LogP contribution in [0.15, 0.2) is 66.7 Å². The van der Waals surface area contributed by atoms with Crippen LogP contribution in [0.3, 0.4) is 0 Å². The number of hydrogen-bond acceptors (Lipinski definition) is 3. The summed E-state index contributed by atoms with van der Waals surface area (Å²) >= 11 is 5.88. The highest BCUT2D eigenvalue weighted by Crippen LogP contribution is 2.28. The molecule has 3 aromatic carbocycles. The van der Waals surface area contributed by atoms with Crippen LogP contribution < -0.4 is 11.1 Å². The number of aromatic amines is 1. The van der Waals surface area contributed by atoms with E-state index in [9.17, 15) is 9.59 Å². The van der Waals surface area contributed by atoms with Crippen molar-refractivity contribution in [2.75, 3.05) is 5.32 Å². The quantitative estimate of drug-likeness (QED) is 0.465. The van der Waals surface area contributed by atoms with Gasteiger partial charge in [-0.3, -0.25) is 14.7 Å². The monoisotopic (exact) mass is 404 g/mol. The van der Waals surface area contributed by atoms with Crippen LogP contribution in [0.5, 0.6) is 0 Å². The number of nitrogens with zero attached hydrogens (tertiary/aromatic N) is 1. The van der Waals surface area contributed by atoms with Crippen molar-refractivity contribution in [3.8, 4) is 11.3 Å². The molecule has 0 aliphatic heterocycles. The van der Waals surface area contributed by atoms with Gasteiger partial charge in [0.1, 0.15) is 0 Å². The maximum absolute atomic E-state index is 12.4. The second-order valence-electron chi connectivity index (χ2n) is 6.63. The molecule has 0 atom stereocenters. The molecule has 4 aromatic rings. The summed E-state index contributed by atoms with van der Waals surface area (Å²) in [6, 6.07) is 19.7. The van der Waals surface area contributed by atoms with Gasteiger partial charge in [-0.15, -0.1) is 0 Å². The normalized spacial score (nSPS) is 10.8. The van der Waals surface area contributed by atoms with Gasteiger partial charge in [-0.2, -0.15) is 5.10 Å². The Hall–Kier alpha value is -3.64. The van der Waals surface area contributed by atoms with Gasteiger partial charge in [0.15, 0.2) is 0 Å². The minimum atomic E-state index is -0.498. The van der Waals surface area contributed by atoms with Crippen LogP contribution in [0.4, 0.5) is 5.69 Å². The van der Waals surface area contributed by atoms with Crippen molar-refractivity contribution >= 4 is 40.0 Å². The molecule has 0 fully saturated rings. The van der Waals surface area contributed by atoms with E-state index < -0.39 is 5.91 Å². The molecular weight excluding hydrogens is 388 g/mol. The SMILES string of the molecule is NC(=O)c1ccc2[nH]nc(-c3cccc(NC(=O)Cc4ccc(Cl)cc4)c3)c2c1. The molecule has 4 rings (SSSR count). The van der Waals surface area contributed by atoms with E-state index in [1.165, 1.54) is 0 Å². The van der Waals surface area contributed by atoms with E-state index in [0.29, 0.717) is 22.0 Å². The summed E-state index contributed by atoms with van der Waals surface area (Å²) in [6.07, 6.45) is 0.245. The summed E-state index contributed by atoms with van der Waals surface area (Å²) in [5.41, 5.74) is 9.61. The number of benzene rings is 3. The fraction of sp³-hybridized carbons (Fsp3) is 0.0455. The maximum Gasteiger partial charge on any atom is 0.248 e. The number of nitrogens with one attached hydrogen (secondary N) is 2. The molecule has 0 aliphatic rings. The van der Waals surface area contributed by atoms with Crippen LogP contribution in [-0.2, 0) is 11.2 Å². The van der Waals surface area contributed by atoms with Crippen molar-refractivity contribution in [1.82, 2.24) is 10.2 Å². The number of rotatable bonds is 5. The first-order valence-corrected chi connectivity index (χ1v) is 9.30. The number of aromatic nitrogens is 2. The molecular formula is C22H17ClN4O2. The van der Waals surface area contributed by atoms with Crippen LogP contribution in [0.2, 0.25) is 5.02 Å². The lowest BCUT2D eigenvalue weighted by atomic mass is 10.0. The van der Waals surface area contributed by atoms with Crippen LogP contribution in [0.25, 0.3) is 22.2 Å². The van der Waals surface area contributed by atoms with Gasteiger partial charge < -0.3 is 11.1 Å². The van der Waals surface area contributed by atoms with Gasteiger partial charge in [0.05, 0.1) is 17.6 Å². The predicted molar refractivity (Wildman–Crippen MR) is 114 cm³/mol. The molecule has 0 aliphatic carbocycles. The molecule has 0 saturated heterocycles. The summed E-state index contributed by atoms with van der Waals surface area (Å²) in [7, 11) is 0. The van der Waals surface area contributed by atoms with Gasteiger partial charge in [0.25, 0.3) is 0 Å². The summed E-state index contributed by atoms with van der Waals surface area (Å²) in [6.45, 7) is 0. The van der Waals surface area contributed by atoms with Crippen LogP contribution in [-0.4, -0.2) is 22.0 Å². The number of primary amides is 1. The lowest BCUT2D eigenvalue weighted by molar-refractivity contribution is -0.115. The van der Waals surface area contributed by atoms with Crippen molar-refractivity contribution < 1.29 is 9.59 Å². The first-order valence-electron chi connectivity index (χ1n) is 8.92. The molecule has 6 nitrogen and oxygen atoms in total. The molecule has 0 bridgehead atoms. The predicted octanol–water partition coefficient (Wildman–Crippen LogP) is 4.16. The number of carbonyl (C=O) groups excluding carboxylic acids is 2. The highest BCUT2D eigenvalue weighted by molar-refractivity contribution is 6.30. The third kappa shape index (κ3) is 4.12. The van der Waals surface area contributed by atoms with Gasteiger partial charge in [-0.25, -0.2) is 0 Å². The molecule has 0 radical (unpaired) electrons. The van der Waals surface area contributed by atoms with Gasteiger partial charge in [0, 0.05) is 27.2 Å². The van der Waals surface area contributed by atoms with E-state index in [0.717, 1.165) is 22.0 Å². The molecule has 144 valence electrons. The highest BCUT2D eigenvalue weighted by Gasteiger charge is 2.12.